The van der Waals surface area contributed by atoms with Crippen molar-refractivity contribution in [1.29, 1.82) is 0 Å². The predicted octanol–water partition coefficient (Wildman–Crippen LogP) is 3.57. The molecule has 0 spiro atoms. The van der Waals surface area contributed by atoms with E-state index in [0.717, 1.165) is 31.4 Å². The van der Waals surface area contributed by atoms with Crippen LogP contribution in [0.3, 0.4) is 0 Å². The van der Waals surface area contributed by atoms with Crippen molar-refractivity contribution in [2.75, 3.05) is 0 Å². The Morgan fingerprint density at radius 1 is 1.28 bits per heavy atom. The van der Waals surface area contributed by atoms with Crippen molar-refractivity contribution in [3.63, 3.8) is 0 Å². The number of benzene rings is 1. The molecule has 0 heterocycles. The number of aliphatic hydroxyl groups excluding tert-OH is 1. The second-order valence-electron chi connectivity index (χ2n) is 5.31. The predicted molar refractivity (Wildman–Crippen MR) is 73.9 cm³/mol. The van der Waals surface area contributed by atoms with Crippen LogP contribution in [0.15, 0.2) is 24.3 Å². The van der Waals surface area contributed by atoms with Crippen LogP contribution in [0.4, 0.5) is 0 Å². The fourth-order valence-corrected chi connectivity index (χ4v) is 2.71. The zero-order valence-electron chi connectivity index (χ0n) is 11.4. The minimum atomic E-state index is -0.307. The fraction of sp³-hybridized carbons (Fsp3) is 0.625. The Bertz CT molecular complexity index is 375. The Morgan fingerprint density at radius 3 is 2.83 bits per heavy atom. The summed E-state index contributed by atoms with van der Waals surface area (Å²) >= 11 is 0. The van der Waals surface area contributed by atoms with Crippen LogP contribution < -0.4 is 4.74 Å². The molecule has 3 atom stereocenters. The molecular formula is C16H24O2. The maximum atomic E-state index is 10.0. The van der Waals surface area contributed by atoms with E-state index in [-0.39, 0.29) is 12.2 Å². The third-order valence-corrected chi connectivity index (χ3v) is 4.04. The normalized spacial score (nSPS) is 28.1. The second-order valence-corrected chi connectivity index (χ2v) is 5.31. The van der Waals surface area contributed by atoms with E-state index in [2.05, 4.69) is 26.0 Å². The molecule has 100 valence electrons. The van der Waals surface area contributed by atoms with Crippen LogP contribution in [0.2, 0.25) is 0 Å². The Labute approximate surface area is 110 Å². The molecule has 0 saturated heterocycles. The van der Waals surface area contributed by atoms with Gasteiger partial charge in [-0.1, -0.05) is 32.4 Å². The molecule has 1 fully saturated rings. The topological polar surface area (TPSA) is 29.5 Å². The lowest BCUT2D eigenvalue weighted by Crippen LogP contribution is -2.38. The van der Waals surface area contributed by atoms with Gasteiger partial charge in [-0.2, -0.15) is 0 Å². The largest absolute Gasteiger partial charge is 0.488 e. The summed E-state index contributed by atoms with van der Waals surface area (Å²) in [6.07, 6.45) is 4.84. The average Bonchev–Trinajstić information content (AvgIpc) is 2.41. The van der Waals surface area contributed by atoms with E-state index in [1.807, 2.05) is 12.1 Å². The lowest BCUT2D eigenvalue weighted by molar-refractivity contribution is -0.0109. The summed E-state index contributed by atoms with van der Waals surface area (Å²) in [5.74, 6) is 1.60. The minimum Gasteiger partial charge on any atom is -0.488 e. The molecule has 2 rings (SSSR count). The summed E-state index contributed by atoms with van der Waals surface area (Å²) in [4.78, 5) is 0. The first-order chi connectivity index (χ1) is 8.72. The Kier molecular flexibility index (Phi) is 4.65. The van der Waals surface area contributed by atoms with Crippen LogP contribution in [0.1, 0.15) is 45.1 Å². The van der Waals surface area contributed by atoms with Gasteiger partial charge in [-0.25, -0.2) is 0 Å². The molecule has 0 amide bonds. The third-order valence-electron chi connectivity index (χ3n) is 4.04. The molecule has 0 bridgehead atoms. The Hall–Kier alpha value is -1.02. The van der Waals surface area contributed by atoms with Crippen molar-refractivity contribution in [2.45, 2.75) is 58.2 Å². The van der Waals surface area contributed by atoms with Gasteiger partial charge in [-0.05, 0) is 49.3 Å². The quantitative estimate of drug-likeness (QED) is 0.882. The Balaban J connectivity index is 2.02. The van der Waals surface area contributed by atoms with Crippen molar-refractivity contribution >= 4 is 0 Å². The zero-order chi connectivity index (χ0) is 13.0. The zero-order valence-corrected chi connectivity index (χ0v) is 11.4. The van der Waals surface area contributed by atoms with Gasteiger partial charge in [0.05, 0.1) is 6.10 Å². The van der Waals surface area contributed by atoms with E-state index in [4.69, 9.17) is 4.74 Å². The summed E-state index contributed by atoms with van der Waals surface area (Å²) < 4.78 is 5.99. The van der Waals surface area contributed by atoms with Crippen LogP contribution in [-0.2, 0) is 6.42 Å². The van der Waals surface area contributed by atoms with E-state index in [1.54, 1.807) is 0 Å². The Morgan fingerprint density at radius 2 is 2.11 bits per heavy atom. The molecule has 1 saturated carbocycles. The van der Waals surface area contributed by atoms with Crippen LogP contribution >= 0.6 is 0 Å². The van der Waals surface area contributed by atoms with Crippen LogP contribution in [0.25, 0.3) is 0 Å². The van der Waals surface area contributed by atoms with Gasteiger partial charge in [0.2, 0.25) is 0 Å². The van der Waals surface area contributed by atoms with Gasteiger partial charge >= 0.3 is 0 Å². The summed E-state index contributed by atoms with van der Waals surface area (Å²) in [7, 11) is 0. The summed E-state index contributed by atoms with van der Waals surface area (Å²) in [5, 5.41) is 10.0. The molecule has 1 aromatic carbocycles. The van der Waals surface area contributed by atoms with E-state index < -0.39 is 0 Å². The highest BCUT2D eigenvalue weighted by molar-refractivity contribution is 5.28. The highest BCUT2D eigenvalue weighted by Gasteiger charge is 2.29. The number of aliphatic hydroxyl groups is 1. The highest BCUT2D eigenvalue weighted by Crippen LogP contribution is 2.30. The molecule has 1 aromatic rings. The number of rotatable bonds is 4. The molecule has 0 aliphatic heterocycles. The highest BCUT2D eigenvalue weighted by atomic mass is 16.5. The number of hydrogen-bond acceptors (Lipinski definition) is 2. The second kappa shape index (κ2) is 6.24. The van der Waals surface area contributed by atoms with Crippen molar-refractivity contribution in [3.05, 3.63) is 29.8 Å². The first-order valence-corrected chi connectivity index (χ1v) is 7.16. The van der Waals surface area contributed by atoms with Gasteiger partial charge in [0.1, 0.15) is 11.9 Å². The average molecular weight is 248 g/mol. The maximum Gasteiger partial charge on any atom is 0.125 e. The summed E-state index contributed by atoms with van der Waals surface area (Å²) in [5.41, 5.74) is 1.28. The van der Waals surface area contributed by atoms with Gasteiger partial charge in [0.15, 0.2) is 0 Å². The van der Waals surface area contributed by atoms with Gasteiger partial charge in [-0.3, -0.25) is 0 Å². The third kappa shape index (κ3) is 3.26. The van der Waals surface area contributed by atoms with E-state index in [0.29, 0.717) is 5.92 Å². The van der Waals surface area contributed by atoms with Crippen molar-refractivity contribution in [3.8, 4) is 5.75 Å². The first kappa shape index (κ1) is 13.4. The van der Waals surface area contributed by atoms with Gasteiger partial charge in [0, 0.05) is 0 Å². The standard InChI is InChI=1S/C16H24O2/c1-3-12-6-5-7-14(10-12)18-16-11-13(4-2)8-9-15(16)17/h5-7,10,13,15-17H,3-4,8-9,11H2,1-2H3. The smallest absolute Gasteiger partial charge is 0.125 e. The first-order valence-electron chi connectivity index (χ1n) is 7.16. The molecule has 18 heavy (non-hydrogen) atoms. The molecule has 0 aromatic heterocycles. The van der Waals surface area contributed by atoms with Crippen molar-refractivity contribution < 1.29 is 9.84 Å². The fourth-order valence-electron chi connectivity index (χ4n) is 2.71. The summed E-state index contributed by atoms with van der Waals surface area (Å²) in [6.45, 7) is 4.36. The number of hydrogen-bond donors (Lipinski definition) is 1. The lowest BCUT2D eigenvalue weighted by atomic mass is 9.84. The molecule has 1 aliphatic carbocycles. The maximum absolute atomic E-state index is 10.0. The van der Waals surface area contributed by atoms with E-state index in [9.17, 15) is 5.11 Å². The molecule has 2 nitrogen and oxygen atoms in total. The van der Waals surface area contributed by atoms with Crippen molar-refractivity contribution in [2.24, 2.45) is 5.92 Å². The lowest BCUT2D eigenvalue weighted by Gasteiger charge is -2.33. The molecule has 1 N–H and O–H groups in total. The van der Waals surface area contributed by atoms with Crippen molar-refractivity contribution in [1.82, 2.24) is 0 Å². The summed E-state index contributed by atoms with van der Waals surface area (Å²) in [6, 6.07) is 8.21. The minimum absolute atomic E-state index is 0.0317. The molecule has 2 heteroatoms. The van der Waals surface area contributed by atoms with Gasteiger partial charge in [0.25, 0.3) is 0 Å². The van der Waals surface area contributed by atoms with Crippen LogP contribution in [0.5, 0.6) is 5.75 Å². The molecule has 0 radical (unpaired) electrons. The number of ether oxygens (including phenoxy) is 1. The van der Waals surface area contributed by atoms with Gasteiger partial charge < -0.3 is 9.84 Å². The van der Waals surface area contributed by atoms with Crippen LogP contribution in [-0.4, -0.2) is 17.3 Å². The SMILES string of the molecule is CCc1cccc(OC2CC(CC)CCC2O)c1. The van der Waals surface area contributed by atoms with E-state index >= 15 is 0 Å². The number of aryl methyl sites for hydroxylation is 1. The molecular weight excluding hydrogens is 224 g/mol. The molecule has 3 unspecified atom stereocenters. The van der Waals surface area contributed by atoms with Crippen LogP contribution in [0, 0.1) is 5.92 Å². The van der Waals surface area contributed by atoms with Gasteiger partial charge in [-0.15, -0.1) is 0 Å². The monoisotopic (exact) mass is 248 g/mol. The molecule has 1 aliphatic rings. The van der Waals surface area contributed by atoms with E-state index in [1.165, 1.54) is 12.0 Å².